The van der Waals surface area contributed by atoms with Gasteiger partial charge in [-0.1, -0.05) is 48.5 Å². The summed E-state index contributed by atoms with van der Waals surface area (Å²) in [5.74, 6) is 0.191. The molecule has 0 spiro atoms. The van der Waals surface area contributed by atoms with Gasteiger partial charge in [0.2, 0.25) is 5.95 Å². The maximum absolute atomic E-state index is 12.6. The Balaban J connectivity index is 1.79. The molecule has 0 aliphatic heterocycles. The van der Waals surface area contributed by atoms with Gasteiger partial charge >= 0.3 is 0 Å². The van der Waals surface area contributed by atoms with E-state index in [2.05, 4.69) is 20.6 Å². The number of hydrogen-bond donors (Lipinski definition) is 2. The summed E-state index contributed by atoms with van der Waals surface area (Å²) in [6, 6.07) is 19.4. The van der Waals surface area contributed by atoms with E-state index < -0.39 is 0 Å². The average molecular weight is 346 g/mol. The summed E-state index contributed by atoms with van der Waals surface area (Å²) in [5, 5.41) is 6.18. The molecular weight excluding hydrogens is 324 g/mol. The molecule has 0 bridgehead atoms. The maximum Gasteiger partial charge on any atom is 0.274 e. The monoisotopic (exact) mass is 346 g/mol. The largest absolute Gasteiger partial charge is 0.348 e. The lowest BCUT2D eigenvalue weighted by Crippen LogP contribution is -2.17. The van der Waals surface area contributed by atoms with Crippen molar-refractivity contribution in [3.63, 3.8) is 0 Å². The molecule has 0 saturated heterocycles. The topological polar surface area (TPSA) is 66.9 Å². The molecule has 0 aliphatic rings. The standard InChI is InChI=1S/C21H22N4O/c1-14-9-7-8-12-18(14)24-20(26)19-13-15(2)22-21(25-19)23-16(3)17-10-5-4-6-11-17/h4-13,16H,1-3H3,(H,24,26)(H,22,23,25). The molecular formula is C21H22N4O. The summed E-state index contributed by atoms with van der Waals surface area (Å²) in [5.41, 5.74) is 3.98. The highest BCUT2D eigenvalue weighted by Gasteiger charge is 2.13. The molecule has 0 aliphatic carbocycles. The van der Waals surface area contributed by atoms with E-state index in [9.17, 15) is 4.79 Å². The van der Waals surface area contributed by atoms with Crippen LogP contribution >= 0.6 is 0 Å². The van der Waals surface area contributed by atoms with Crippen molar-refractivity contribution in [1.82, 2.24) is 9.97 Å². The van der Waals surface area contributed by atoms with Crippen LogP contribution in [0.2, 0.25) is 0 Å². The highest BCUT2D eigenvalue weighted by Crippen LogP contribution is 2.18. The van der Waals surface area contributed by atoms with Crippen LogP contribution in [-0.4, -0.2) is 15.9 Å². The van der Waals surface area contributed by atoms with Gasteiger partial charge in [-0.05, 0) is 44.0 Å². The minimum absolute atomic E-state index is 0.0327. The van der Waals surface area contributed by atoms with E-state index in [1.807, 2.05) is 75.4 Å². The predicted octanol–water partition coefficient (Wildman–Crippen LogP) is 4.52. The van der Waals surface area contributed by atoms with Crippen molar-refractivity contribution in [3.8, 4) is 0 Å². The van der Waals surface area contributed by atoms with Crippen molar-refractivity contribution in [2.24, 2.45) is 0 Å². The second-order valence-electron chi connectivity index (χ2n) is 6.26. The summed E-state index contributed by atoms with van der Waals surface area (Å²) in [6.45, 7) is 5.84. The van der Waals surface area contributed by atoms with Crippen LogP contribution in [0.5, 0.6) is 0 Å². The van der Waals surface area contributed by atoms with Crippen LogP contribution in [0.25, 0.3) is 0 Å². The Morgan fingerprint density at radius 1 is 0.962 bits per heavy atom. The molecule has 0 saturated carbocycles. The van der Waals surface area contributed by atoms with Gasteiger partial charge in [-0.2, -0.15) is 0 Å². The summed E-state index contributed by atoms with van der Waals surface area (Å²) < 4.78 is 0. The van der Waals surface area contributed by atoms with Gasteiger partial charge in [0.15, 0.2) is 0 Å². The van der Waals surface area contributed by atoms with Crippen molar-refractivity contribution in [2.45, 2.75) is 26.8 Å². The zero-order valence-electron chi connectivity index (χ0n) is 15.2. The Morgan fingerprint density at radius 2 is 1.65 bits per heavy atom. The van der Waals surface area contributed by atoms with E-state index in [1.54, 1.807) is 6.07 Å². The average Bonchev–Trinajstić information content (AvgIpc) is 2.64. The molecule has 26 heavy (non-hydrogen) atoms. The van der Waals surface area contributed by atoms with E-state index in [0.29, 0.717) is 11.6 Å². The highest BCUT2D eigenvalue weighted by atomic mass is 16.1. The van der Waals surface area contributed by atoms with Gasteiger partial charge in [-0.15, -0.1) is 0 Å². The number of anilines is 2. The Kier molecular flexibility index (Phi) is 5.27. The molecule has 2 N–H and O–H groups in total. The third-order valence-electron chi connectivity index (χ3n) is 4.13. The molecule has 1 aromatic heterocycles. The fourth-order valence-electron chi connectivity index (χ4n) is 2.67. The lowest BCUT2D eigenvalue weighted by Gasteiger charge is -2.15. The van der Waals surface area contributed by atoms with E-state index >= 15 is 0 Å². The molecule has 2 aromatic carbocycles. The molecule has 1 heterocycles. The third-order valence-corrected chi connectivity index (χ3v) is 4.13. The summed E-state index contributed by atoms with van der Waals surface area (Å²) >= 11 is 0. The number of aromatic nitrogens is 2. The molecule has 3 aromatic rings. The molecule has 5 heteroatoms. The van der Waals surface area contributed by atoms with Gasteiger partial charge in [0.1, 0.15) is 5.69 Å². The number of carbonyl (C=O) groups excluding carboxylic acids is 1. The molecule has 132 valence electrons. The number of nitrogens with zero attached hydrogens (tertiary/aromatic N) is 2. The van der Waals surface area contributed by atoms with Gasteiger partial charge in [0.25, 0.3) is 5.91 Å². The maximum atomic E-state index is 12.6. The van der Waals surface area contributed by atoms with Crippen LogP contribution in [-0.2, 0) is 0 Å². The summed E-state index contributed by atoms with van der Waals surface area (Å²) in [7, 11) is 0. The van der Waals surface area contributed by atoms with E-state index in [4.69, 9.17) is 0 Å². The van der Waals surface area contributed by atoms with E-state index in [1.165, 1.54) is 0 Å². The quantitative estimate of drug-likeness (QED) is 0.713. The van der Waals surface area contributed by atoms with Crippen molar-refractivity contribution in [1.29, 1.82) is 0 Å². The number of hydrogen-bond acceptors (Lipinski definition) is 4. The summed E-state index contributed by atoms with van der Waals surface area (Å²) in [4.78, 5) is 21.4. The van der Waals surface area contributed by atoms with Gasteiger partial charge in [-0.3, -0.25) is 4.79 Å². The normalized spacial score (nSPS) is 11.7. The van der Waals surface area contributed by atoms with Crippen molar-refractivity contribution in [3.05, 3.63) is 83.2 Å². The Hall–Kier alpha value is -3.21. The Labute approximate surface area is 153 Å². The zero-order valence-corrected chi connectivity index (χ0v) is 15.2. The van der Waals surface area contributed by atoms with Crippen LogP contribution < -0.4 is 10.6 Å². The fraction of sp³-hybridized carbons (Fsp3) is 0.190. The number of rotatable bonds is 5. The van der Waals surface area contributed by atoms with Crippen molar-refractivity contribution in [2.75, 3.05) is 10.6 Å². The Bertz CT molecular complexity index is 909. The number of para-hydroxylation sites is 1. The number of amides is 1. The number of benzene rings is 2. The molecule has 1 unspecified atom stereocenters. The number of aryl methyl sites for hydroxylation is 2. The molecule has 0 radical (unpaired) electrons. The van der Waals surface area contributed by atoms with Crippen LogP contribution in [0.15, 0.2) is 60.7 Å². The van der Waals surface area contributed by atoms with Crippen LogP contribution in [0.4, 0.5) is 11.6 Å². The van der Waals surface area contributed by atoms with E-state index in [-0.39, 0.29) is 11.9 Å². The third kappa shape index (κ3) is 4.25. The lowest BCUT2D eigenvalue weighted by molar-refractivity contribution is 0.102. The zero-order chi connectivity index (χ0) is 18.5. The molecule has 1 atom stereocenters. The molecule has 5 nitrogen and oxygen atoms in total. The Morgan fingerprint density at radius 3 is 2.38 bits per heavy atom. The van der Waals surface area contributed by atoms with Gasteiger partial charge in [0.05, 0.1) is 6.04 Å². The molecule has 0 fully saturated rings. The van der Waals surface area contributed by atoms with Crippen LogP contribution in [0, 0.1) is 13.8 Å². The van der Waals surface area contributed by atoms with Crippen molar-refractivity contribution >= 4 is 17.5 Å². The second-order valence-corrected chi connectivity index (χ2v) is 6.26. The minimum Gasteiger partial charge on any atom is -0.348 e. The van der Waals surface area contributed by atoms with Crippen LogP contribution in [0.3, 0.4) is 0 Å². The SMILES string of the molecule is Cc1cc(C(=O)Nc2ccccc2C)nc(NC(C)c2ccccc2)n1. The van der Waals surface area contributed by atoms with Crippen molar-refractivity contribution < 1.29 is 4.79 Å². The van der Waals surface area contributed by atoms with Gasteiger partial charge in [-0.25, -0.2) is 9.97 Å². The smallest absolute Gasteiger partial charge is 0.274 e. The first-order chi connectivity index (χ1) is 12.5. The first kappa shape index (κ1) is 17.6. The first-order valence-electron chi connectivity index (χ1n) is 8.57. The second kappa shape index (κ2) is 7.78. The lowest BCUT2D eigenvalue weighted by atomic mass is 10.1. The number of carbonyl (C=O) groups is 1. The molecule has 3 rings (SSSR count). The fourth-order valence-corrected chi connectivity index (χ4v) is 2.67. The van der Waals surface area contributed by atoms with Gasteiger partial charge in [0, 0.05) is 11.4 Å². The minimum atomic E-state index is -0.250. The predicted molar refractivity (Wildman–Crippen MR) is 104 cm³/mol. The van der Waals surface area contributed by atoms with Crippen LogP contribution in [0.1, 0.15) is 40.3 Å². The number of nitrogens with one attached hydrogen (secondary N) is 2. The van der Waals surface area contributed by atoms with E-state index in [0.717, 1.165) is 22.5 Å². The molecule has 1 amide bonds. The highest BCUT2D eigenvalue weighted by molar-refractivity contribution is 6.03. The first-order valence-corrected chi connectivity index (χ1v) is 8.57. The van der Waals surface area contributed by atoms with Gasteiger partial charge < -0.3 is 10.6 Å². The summed E-state index contributed by atoms with van der Waals surface area (Å²) in [6.07, 6.45) is 0.